The molecule has 1 aromatic carbocycles. The molecule has 4 rings (SSSR count). The molecular formula is C21H26N2O3S. The number of aromatic nitrogens is 1. The molecule has 144 valence electrons. The second-order valence-electron chi connectivity index (χ2n) is 7.86. The fourth-order valence-electron chi connectivity index (χ4n) is 4.58. The van der Waals surface area contributed by atoms with E-state index in [2.05, 4.69) is 27.7 Å². The van der Waals surface area contributed by atoms with Gasteiger partial charge in [0.25, 0.3) is 0 Å². The molecule has 0 aliphatic carbocycles. The van der Waals surface area contributed by atoms with Crippen molar-refractivity contribution in [2.45, 2.75) is 39.3 Å². The van der Waals surface area contributed by atoms with Crippen LogP contribution in [0.5, 0.6) is 0 Å². The van der Waals surface area contributed by atoms with Gasteiger partial charge in [0.05, 0.1) is 18.1 Å². The normalized spacial score (nSPS) is 21.9. The van der Waals surface area contributed by atoms with E-state index >= 15 is 0 Å². The number of hydrogen-bond donors (Lipinski definition) is 0. The number of Topliss-reactive ketones (excluding diaryl/α,β-unsaturated/α-hetero) is 1. The van der Waals surface area contributed by atoms with Crippen LogP contribution in [0.25, 0.3) is 0 Å². The van der Waals surface area contributed by atoms with Crippen LogP contribution in [0.2, 0.25) is 0 Å². The molecule has 1 saturated heterocycles. The Hall–Kier alpha value is -1.92. The van der Waals surface area contributed by atoms with Crippen LogP contribution in [0.1, 0.15) is 45.3 Å². The maximum Gasteiger partial charge on any atom is 0.178 e. The molecule has 2 aliphatic heterocycles. The van der Waals surface area contributed by atoms with Crippen molar-refractivity contribution in [3.63, 3.8) is 0 Å². The number of carbonyl (C=O) groups excluding carboxylic acids is 1. The van der Waals surface area contributed by atoms with Crippen LogP contribution in [0.3, 0.4) is 0 Å². The molecule has 1 fully saturated rings. The van der Waals surface area contributed by atoms with Gasteiger partial charge in [-0.25, -0.2) is 8.42 Å². The van der Waals surface area contributed by atoms with E-state index in [1.807, 2.05) is 26.0 Å². The van der Waals surface area contributed by atoms with Gasteiger partial charge in [0.2, 0.25) is 0 Å². The molecule has 5 nitrogen and oxygen atoms in total. The Labute approximate surface area is 160 Å². The van der Waals surface area contributed by atoms with Gasteiger partial charge in [-0.3, -0.25) is 9.69 Å². The third kappa shape index (κ3) is 3.60. The van der Waals surface area contributed by atoms with Crippen LogP contribution >= 0.6 is 0 Å². The molecule has 1 atom stereocenters. The summed E-state index contributed by atoms with van der Waals surface area (Å²) in [6.45, 7) is 6.01. The first-order valence-corrected chi connectivity index (χ1v) is 11.4. The minimum absolute atomic E-state index is 0.0431. The number of aryl methyl sites for hydroxylation is 1. The number of sulfone groups is 1. The van der Waals surface area contributed by atoms with Crippen LogP contribution in [-0.2, 0) is 22.8 Å². The first kappa shape index (κ1) is 18.4. The van der Waals surface area contributed by atoms with Crippen LogP contribution in [0, 0.1) is 13.8 Å². The van der Waals surface area contributed by atoms with Gasteiger partial charge < -0.3 is 4.57 Å². The lowest BCUT2D eigenvalue weighted by atomic mass is 9.99. The second kappa shape index (κ2) is 6.91. The predicted octanol–water partition coefficient (Wildman–Crippen LogP) is 2.71. The number of benzene rings is 1. The van der Waals surface area contributed by atoms with Crippen LogP contribution in [0.4, 0.5) is 0 Å². The number of nitrogens with zero attached hydrogens (tertiary/aromatic N) is 2. The molecule has 0 saturated carbocycles. The molecule has 2 aromatic rings. The van der Waals surface area contributed by atoms with E-state index in [-0.39, 0.29) is 23.3 Å². The summed E-state index contributed by atoms with van der Waals surface area (Å²) in [5.41, 5.74) is 5.29. The predicted molar refractivity (Wildman–Crippen MR) is 106 cm³/mol. The Balaban J connectivity index is 1.51. The lowest BCUT2D eigenvalue weighted by molar-refractivity contribution is 0.0920. The van der Waals surface area contributed by atoms with Gasteiger partial charge in [-0.2, -0.15) is 0 Å². The highest BCUT2D eigenvalue weighted by atomic mass is 32.2. The number of hydrogen-bond acceptors (Lipinski definition) is 4. The average molecular weight is 387 g/mol. The second-order valence-corrected chi connectivity index (χ2v) is 10.1. The molecule has 2 aliphatic rings. The van der Waals surface area contributed by atoms with Crippen molar-refractivity contribution in [1.29, 1.82) is 0 Å². The maximum atomic E-state index is 13.0. The summed E-state index contributed by atoms with van der Waals surface area (Å²) in [6.07, 6.45) is 1.61. The number of fused-ring (bicyclic) bond motifs is 1. The summed E-state index contributed by atoms with van der Waals surface area (Å²) in [5, 5.41) is 0. The summed E-state index contributed by atoms with van der Waals surface area (Å²) in [5.74, 6) is 0.542. The molecule has 0 N–H and O–H groups in total. The number of ketones is 1. The van der Waals surface area contributed by atoms with Gasteiger partial charge in [0.15, 0.2) is 15.6 Å². The Morgan fingerprint density at radius 2 is 1.93 bits per heavy atom. The van der Waals surface area contributed by atoms with Gasteiger partial charge in [0, 0.05) is 36.1 Å². The van der Waals surface area contributed by atoms with Crippen molar-refractivity contribution >= 4 is 15.6 Å². The summed E-state index contributed by atoms with van der Waals surface area (Å²) in [6, 6.07) is 10.3. The fourth-order valence-corrected chi connectivity index (χ4v) is 6.28. The van der Waals surface area contributed by atoms with Crippen LogP contribution < -0.4 is 0 Å². The first-order chi connectivity index (χ1) is 12.8. The van der Waals surface area contributed by atoms with Gasteiger partial charge in [-0.05, 0) is 43.9 Å². The van der Waals surface area contributed by atoms with Crippen molar-refractivity contribution in [1.82, 2.24) is 9.47 Å². The molecule has 0 amide bonds. The fraction of sp³-hybridized carbons (Fsp3) is 0.476. The molecule has 0 spiro atoms. The summed E-state index contributed by atoms with van der Waals surface area (Å²) in [4.78, 5) is 15.2. The zero-order valence-electron chi connectivity index (χ0n) is 15.9. The molecule has 0 bridgehead atoms. The highest BCUT2D eigenvalue weighted by Crippen LogP contribution is 2.29. The Kier molecular flexibility index (Phi) is 4.72. The van der Waals surface area contributed by atoms with Gasteiger partial charge >= 0.3 is 0 Å². The molecule has 1 aromatic heterocycles. The smallest absolute Gasteiger partial charge is 0.178 e. The SMILES string of the molecule is Cc1cc(C(=O)CN2CCc3ccccc3C2)c(C)n1C1CCS(=O)(=O)C1. The van der Waals surface area contributed by atoms with Crippen molar-refractivity contribution < 1.29 is 13.2 Å². The molecule has 0 radical (unpaired) electrons. The van der Waals surface area contributed by atoms with E-state index in [0.29, 0.717) is 13.0 Å². The largest absolute Gasteiger partial charge is 0.344 e. The minimum atomic E-state index is -2.95. The minimum Gasteiger partial charge on any atom is -0.344 e. The third-order valence-electron chi connectivity index (χ3n) is 5.94. The van der Waals surface area contributed by atoms with Crippen LogP contribution in [-0.4, -0.2) is 48.3 Å². The Morgan fingerprint density at radius 1 is 1.19 bits per heavy atom. The topological polar surface area (TPSA) is 59.4 Å². The quantitative estimate of drug-likeness (QED) is 0.758. The van der Waals surface area contributed by atoms with Crippen molar-refractivity contribution in [3.05, 3.63) is 58.4 Å². The number of rotatable bonds is 4. The summed E-state index contributed by atoms with van der Waals surface area (Å²) >= 11 is 0. The Morgan fingerprint density at radius 3 is 2.63 bits per heavy atom. The Bertz CT molecular complexity index is 991. The van der Waals surface area contributed by atoms with E-state index in [0.717, 1.165) is 36.5 Å². The van der Waals surface area contributed by atoms with Crippen molar-refractivity contribution in [3.8, 4) is 0 Å². The van der Waals surface area contributed by atoms with E-state index in [1.165, 1.54) is 11.1 Å². The number of carbonyl (C=O) groups is 1. The average Bonchev–Trinajstić information content (AvgIpc) is 3.13. The van der Waals surface area contributed by atoms with Gasteiger partial charge in [-0.15, -0.1) is 0 Å². The first-order valence-electron chi connectivity index (χ1n) is 9.55. The zero-order chi connectivity index (χ0) is 19.2. The monoisotopic (exact) mass is 386 g/mol. The zero-order valence-corrected chi connectivity index (χ0v) is 16.8. The van der Waals surface area contributed by atoms with E-state index in [9.17, 15) is 13.2 Å². The van der Waals surface area contributed by atoms with E-state index in [4.69, 9.17) is 0 Å². The highest BCUT2D eigenvalue weighted by molar-refractivity contribution is 7.91. The lowest BCUT2D eigenvalue weighted by Crippen LogP contribution is -2.35. The molecule has 3 heterocycles. The standard InChI is InChI=1S/C21H26N2O3S/c1-15-11-20(16(2)23(15)19-8-10-27(25,26)14-19)21(24)13-22-9-7-17-5-3-4-6-18(17)12-22/h3-6,11,19H,7-10,12-14H2,1-2H3. The molecule has 1 unspecified atom stereocenters. The molecule has 6 heteroatoms. The lowest BCUT2D eigenvalue weighted by Gasteiger charge is -2.28. The molecular weight excluding hydrogens is 360 g/mol. The highest BCUT2D eigenvalue weighted by Gasteiger charge is 2.32. The van der Waals surface area contributed by atoms with Crippen LogP contribution in [0.15, 0.2) is 30.3 Å². The van der Waals surface area contributed by atoms with E-state index in [1.54, 1.807) is 0 Å². The summed E-state index contributed by atoms with van der Waals surface area (Å²) < 4.78 is 25.8. The molecule has 27 heavy (non-hydrogen) atoms. The van der Waals surface area contributed by atoms with Gasteiger partial charge in [-0.1, -0.05) is 24.3 Å². The van der Waals surface area contributed by atoms with E-state index < -0.39 is 9.84 Å². The third-order valence-corrected chi connectivity index (χ3v) is 7.69. The van der Waals surface area contributed by atoms with Crippen molar-refractivity contribution in [2.75, 3.05) is 24.6 Å². The van der Waals surface area contributed by atoms with Gasteiger partial charge in [0.1, 0.15) is 0 Å². The summed E-state index contributed by atoms with van der Waals surface area (Å²) in [7, 11) is -2.95. The van der Waals surface area contributed by atoms with Crippen molar-refractivity contribution in [2.24, 2.45) is 0 Å². The maximum absolute atomic E-state index is 13.0.